The van der Waals surface area contributed by atoms with Gasteiger partial charge in [0.15, 0.2) is 5.76 Å². The van der Waals surface area contributed by atoms with E-state index in [1.54, 1.807) is 23.0 Å². The van der Waals surface area contributed by atoms with Crippen LogP contribution in [0, 0.1) is 0 Å². The molecule has 1 N–H and O–H groups in total. The van der Waals surface area contributed by atoms with Crippen molar-refractivity contribution in [2.24, 2.45) is 7.05 Å². The van der Waals surface area contributed by atoms with Crippen molar-refractivity contribution >= 4 is 21.8 Å². The lowest BCUT2D eigenvalue weighted by Crippen LogP contribution is -2.23. The Morgan fingerprint density at radius 1 is 1.25 bits per heavy atom. The summed E-state index contributed by atoms with van der Waals surface area (Å²) in [6.07, 6.45) is 1.69. The van der Waals surface area contributed by atoms with Crippen LogP contribution in [-0.4, -0.2) is 15.7 Å². The summed E-state index contributed by atoms with van der Waals surface area (Å²) < 4.78 is 13.8. The Bertz CT molecular complexity index is 824. The second-order valence-corrected chi connectivity index (χ2v) is 6.05. The molecule has 0 saturated carbocycles. The molecule has 24 heavy (non-hydrogen) atoms. The summed E-state index contributed by atoms with van der Waals surface area (Å²) in [6.45, 7) is 0.650. The van der Waals surface area contributed by atoms with Crippen molar-refractivity contribution in [3.63, 3.8) is 0 Å². The monoisotopic (exact) mass is 389 g/mol. The zero-order valence-electron chi connectivity index (χ0n) is 13.0. The molecule has 124 valence electrons. The van der Waals surface area contributed by atoms with E-state index in [4.69, 9.17) is 9.15 Å². The Labute approximate surface area is 147 Å². The average molecular weight is 390 g/mol. The van der Waals surface area contributed by atoms with E-state index in [0.29, 0.717) is 12.3 Å². The molecule has 0 spiro atoms. The topological polar surface area (TPSA) is 69.3 Å². The van der Waals surface area contributed by atoms with Gasteiger partial charge >= 0.3 is 0 Å². The highest BCUT2D eigenvalue weighted by Crippen LogP contribution is 2.18. The number of aryl methyl sites for hydroxylation is 1. The van der Waals surface area contributed by atoms with Crippen LogP contribution < -0.4 is 10.1 Å². The van der Waals surface area contributed by atoms with Gasteiger partial charge in [-0.3, -0.25) is 9.48 Å². The van der Waals surface area contributed by atoms with Gasteiger partial charge in [-0.05, 0) is 42.5 Å². The van der Waals surface area contributed by atoms with E-state index in [-0.39, 0.29) is 18.3 Å². The predicted octanol–water partition coefficient (Wildman–Crippen LogP) is 3.28. The van der Waals surface area contributed by atoms with Crippen molar-refractivity contribution in [1.29, 1.82) is 0 Å². The summed E-state index contributed by atoms with van der Waals surface area (Å²) >= 11 is 3.37. The van der Waals surface area contributed by atoms with Crippen molar-refractivity contribution < 1.29 is 13.9 Å². The Hall–Kier alpha value is -2.54. The maximum Gasteiger partial charge on any atom is 0.287 e. The normalized spacial score (nSPS) is 10.6. The summed E-state index contributed by atoms with van der Waals surface area (Å²) in [5.74, 6) is 1.30. The van der Waals surface area contributed by atoms with E-state index >= 15 is 0 Å². The molecule has 3 rings (SSSR count). The first kappa shape index (κ1) is 16.3. The molecule has 7 heteroatoms. The molecule has 0 atom stereocenters. The van der Waals surface area contributed by atoms with Gasteiger partial charge in [0.05, 0.1) is 12.2 Å². The minimum absolute atomic E-state index is 0.256. The smallest absolute Gasteiger partial charge is 0.287 e. The van der Waals surface area contributed by atoms with Crippen LogP contribution in [0.2, 0.25) is 0 Å². The second kappa shape index (κ2) is 7.35. The number of nitrogens with zero attached hydrogens (tertiary/aromatic N) is 2. The molecule has 1 aromatic carbocycles. The number of aromatic nitrogens is 2. The second-order valence-electron chi connectivity index (χ2n) is 5.14. The molecule has 2 heterocycles. The maximum atomic E-state index is 12.1. The molecule has 0 fully saturated rings. The van der Waals surface area contributed by atoms with Crippen molar-refractivity contribution in [2.45, 2.75) is 13.2 Å². The molecule has 1 amide bonds. The van der Waals surface area contributed by atoms with E-state index in [1.807, 2.05) is 37.4 Å². The standard InChI is InChI=1S/C17H16BrN3O3/c1-21-13(8-9-20-21)10-19-17(22)16-7-6-15(24-16)11-23-14-4-2-12(18)3-5-14/h2-9H,10-11H2,1H3,(H,19,22). The van der Waals surface area contributed by atoms with Crippen LogP contribution in [-0.2, 0) is 20.2 Å². The Morgan fingerprint density at radius 2 is 2.04 bits per heavy atom. The number of carbonyl (C=O) groups excluding carboxylic acids is 1. The molecule has 0 unspecified atom stereocenters. The molecule has 0 saturated heterocycles. The highest BCUT2D eigenvalue weighted by Gasteiger charge is 2.12. The third-order valence-corrected chi connectivity index (χ3v) is 3.96. The van der Waals surface area contributed by atoms with Crippen molar-refractivity contribution in [2.75, 3.05) is 0 Å². The predicted molar refractivity (Wildman–Crippen MR) is 91.6 cm³/mol. The minimum Gasteiger partial charge on any atom is -0.486 e. The maximum absolute atomic E-state index is 12.1. The van der Waals surface area contributed by atoms with E-state index in [2.05, 4.69) is 26.3 Å². The van der Waals surface area contributed by atoms with E-state index in [0.717, 1.165) is 15.9 Å². The molecule has 2 aromatic heterocycles. The van der Waals surface area contributed by atoms with Crippen LogP contribution in [0.25, 0.3) is 0 Å². The van der Waals surface area contributed by atoms with Gasteiger partial charge in [0, 0.05) is 17.7 Å². The number of nitrogens with one attached hydrogen (secondary N) is 1. The first-order valence-corrected chi connectivity index (χ1v) is 8.13. The third kappa shape index (κ3) is 4.05. The number of benzene rings is 1. The van der Waals surface area contributed by atoms with Crippen molar-refractivity contribution in [3.05, 3.63) is 70.3 Å². The first-order chi connectivity index (χ1) is 11.6. The number of hydrogen-bond acceptors (Lipinski definition) is 4. The largest absolute Gasteiger partial charge is 0.486 e. The first-order valence-electron chi connectivity index (χ1n) is 7.34. The van der Waals surface area contributed by atoms with Crippen LogP contribution in [0.3, 0.4) is 0 Å². The Kier molecular flexibility index (Phi) is 5.00. The zero-order valence-corrected chi connectivity index (χ0v) is 14.6. The van der Waals surface area contributed by atoms with Gasteiger partial charge in [0.2, 0.25) is 0 Å². The number of rotatable bonds is 6. The molecule has 3 aromatic rings. The van der Waals surface area contributed by atoms with Crippen LogP contribution in [0.1, 0.15) is 22.0 Å². The number of amides is 1. The lowest BCUT2D eigenvalue weighted by molar-refractivity contribution is 0.0918. The fraction of sp³-hybridized carbons (Fsp3) is 0.176. The van der Waals surface area contributed by atoms with Crippen LogP contribution in [0.15, 0.2) is 57.6 Å². The van der Waals surface area contributed by atoms with E-state index in [1.165, 1.54) is 0 Å². The summed E-state index contributed by atoms with van der Waals surface area (Å²) in [4.78, 5) is 12.1. The molecule has 0 bridgehead atoms. The highest BCUT2D eigenvalue weighted by molar-refractivity contribution is 9.10. The quantitative estimate of drug-likeness (QED) is 0.702. The number of halogens is 1. The fourth-order valence-electron chi connectivity index (χ4n) is 2.10. The van der Waals surface area contributed by atoms with Crippen LogP contribution >= 0.6 is 15.9 Å². The number of furan rings is 1. The van der Waals surface area contributed by atoms with Gasteiger partial charge in [0.1, 0.15) is 18.1 Å². The van der Waals surface area contributed by atoms with Crippen LogP contribution in [0.4, 0.5) is 0 Å². The molecule has 0 aliphatic rings. The number of carbonyl (C=O) groups is 1. The van der Waals surface area contributed by atoms with Gasteiger partial charge in [-0.15, -0.1) is 0 Å². The minimum atomic E-state index is -0.272. The summed E-state index contributed by atoms with van der Waals surface area (Å²) in [5, 5.41) is 6.85. The molecular formula is C17H16BrN3O3. The molecule has 0 radical (unpaired) electrons. The number of ether oxygens (including phenoxy) is 1. The molecule has 0 aliphatic heterocycles. The highest BCUT2D eigenvalue weighted by atomic mass is 79.9. The molecular weight excluding hydrogens is 374 g/mol. The third-order valence-electron chi connectivity index (χ3n) is 3.43. The van der Waals surface area contributed by atoms with E-state index in [9.17, 15) is 4.79 Å². The van der Waals surface area contributed by atoms with Crippen molar-refractivity contribution in [1.82, 2.24) is 15.1 Å². The lowest BCUT2D eigenvalue weighted by atomic mass is 10.3. The average Bonchev–Trinajstić information content (AvgIpc) is 3.21. The van der Waals surface area contributed by atoms with E-state index < -0.39 is 0 Å². The van der Waals surface area contributed by atoms with Gasteiger partial charge in [-0.2, -0.15) is 5.10 Å². The van der Waals surface area contributed by atoms with Gasteiger partial charge in [-0.1, -0.05) is 15.9 Å². The van der Waals surface area contributed by atoms with Gasteiger partial charge in [-0.25, -0.2) is 0 Å². The Balaban J connectivity index is 1.53. The Morgan fingerprint density at radius 3 is 2.75 bits per heavy atom. The van der Waals surface area contributed by atoms with Gasteiger partial charge in [0.25, 0.3) is 5.91 Å². The summed E-state index contributed by atoms with van der Waals surface area (Å²) in [5.41, 5.74) is 0.911. The number of hydrogen-bond donors (Lipinski definition) is 1. The molecule has 0 aliphatic carbocycles. The summed E-state index contributed by atoms with van der Waals surface area (Å²) in [6, 6.07) is 12.7. The molecule has 6 nitrogen and oxygen atoms in total. The zero-order chi connectivity index (χ0) is 16.9. The SMILES string of the molecule is Cn1nccc1CNC(=O)c1ccc(COc2ccc(Br)cc2)o1. The van der Waals surface area contributed by atoms with Crippen molar-refractivity contribution in [3.8, 4) is 5.75 Å². The van der Waals surface area contributed by atoms with Crippen LogP contribution in [0.5, 0.6) is 5.75 Å². The fourth-order valence-corrected chi connectivity index (χ4v) is 2.36. The lowest BCUT2D eigenvalue weighted by Gasteiger charge is -2.05. The van der Waals surface area contributed by atoms with Gasteiger partial charge < -0.3 is 14.5 Å². The summed E-state index contributed by atoms with van der Waals surface area (Å²) in [7, 11) is 1.83.